The Morgan fingerprint density at radius 2 is 1.62 bits per heavy atom. The fraction of sp³-hybridized carbons (Fsp3) is 0.310. The summed E-state index contributed by atoms with van der Waals surface area (Å²) in [6, 6.07) is 21.0. The minimum atomic E-state index is -4.17. The van der Waals surface area contributed by atoms with Crippen molar-refractivity contribution in [2.45, 2.75) is 51.2 Å². The first-order valence-corrected chi connectivity index (χ1v) is 14.9. The Morgan fingerprint density at radius 1 is 0.949 bits per heavy atom. The molecule has 0 heterocycles. The number of halogens is 1. The summed E-state index contributed by atoms with van der Waals surface area (Å²) in [5, 5.41) is 2.85. The third kappa shape index (κ3) is 7.83. The van der Waals surface area contributed by atoms with Crippen molar-refractivity contribution in [2.24, 2.45) is 0 Å². The number of ether oxygens (including phenoxy) is 1. The lowest BCUT2D eigenvalue weighted by Crippen LogP contribution is -2.52. The Labute approximate surface area is 239 Å². The third-order valence-corrected chi connectivity index (χ3v) is 8.15. The number of anilines is 1. The zero-order valence-electron chi connectivity index (χ0n) is 22.5. The Morgan fingerprint density at radius 3 is 2.26 bits per heavy atom. The summed E-state index contributed by atoms with van der Waals surface area (Å²) in [4.78, 5) is 28.4. The van der Waals surface area contributed by atoms with E-state index in [0.717, 1.165) is 14.3 Å². The molecule has 0 aliphatic carbocycles. The molecule has 3 aromatic rings. The molecule has 0 aromatic heterocycles. The topological polar surface area (TPSA) is 96.0 Å². The molecule has 10 heteroatoms. The maximum Gasteiger partial charge on any atom is 0.264 e. The molecule has 0 radical (unpaired) electrons. The Bertz CT molecular complexity index is 1380. The number of hydrogen-bond acceptors (Lipinski definition) is 5. The van der Waals surface area contributed by atoms with Crippen LogP contribution < -0.4 is 14.4 Å². The van der Waals surface area contributed by atoms with E-state index in [1.807, 2.05) is 38.1 Å². The highest BCUT2D eigenvalue weighted by atomic mass is 79.9. The van der Waals surface area contributed by atoms with Crippen LogP contribution in [0.1, 0.15) is 33.3 Å². The van der Waals surface area contributed by atoms with Gasteiger partial charge in [-0.25, -0.2) is 8.42 Å². The smallest absolute Gasteiger partial charge is 0.264 e. The van der Waals surface area contributed by atoms with E-state index in [-0.39, 0.29) is 29.1 Å². The molecular formula is C29H34BrN3O5S. The molecule has 0 fully saturated rings. The number of amides is 2. The van der Waals surface area contributed by atoms with Crippen LogP contribution in [-0.2, 0) is 26.2 Å². The normalized spacial score (nSPS) is 12.1. The van der Waals surface area contributed by atoms with Crippen LogP contribution in [0.2, 0.25) is 0 Å². The van der Waals surface area contributed by atoms with E-state index in [4.69, 9.17) is 4.74 Å². The minimum absolute atomic E-state index is 0.0354. The highest BCUT2D eigenvalue weighted by molar-refractivity contribution is 9.10. The van der Waals surface area contributed by atoms with Crippen LogP contribution >= 0.6 is 15.9 Å². The largest absolute Gasteiger partial charge is 0.492 e. The van der Waals surface area contributed by atoms with Gasteiger partial charge in [0.2, 0.25) is 11.8 Å². The predicted molar refractivity (Wildman–Crippen MR) is 156 cm³/mol. The van der Waals surface area contributed by atoms with E-state index in [1.54, 1.807) is 56.3 Å². The molecule has 0 aliphatic heterocycles. The number of para-hydroxylation sites is 2. The van der Waals surface area contributed by atoms with Crippen LogP contribution in [0.4, 0.5) is 5.69 Å². The summed E-state index contributed by atoms with van der Waals surface area (Å²) in [6.07, 6.45) is 0. The quantitative estimate of drug-likeness (QED) is 0.310. The average molecular weight is 617 g/mol. The van der Waals surface area contributed by atoms with Gasteiger partial charge >= 0.3 is 0 Å². The fourth-order valence-corrected chi connectivity index (χ4v) is 5.89. The first-order chi connectivity index (χ1) is 18.5. The van der Waals surface area contributed by atoms with Gasteiger partial charge in [0.25, 0.3) is 10.0 Å². The van der Waals surface area contributed by atoms with Crippen molar-refractivity contribution < 1.29 is 22.7 Å². The zero-order valence-corrected chi connectivity index (χ0v) is 24.9. The van der Waals surface area contributed by atoms with Crippen LogP contribution in [0.15, 0.2) is 88.2 Å². The third-order valence-electron chi connectivity index (χ3n) is 5.88. The second-order valence-electron chi connectivity index (χ2n) is 9.22. The number of carbonyl (C=O) groups excluding carboxylic acids is 2. The van der Waals surface area contributed by atoms with Gasteiger partial charge in [0.15, 0.2) is 0 Å². The van der Waals surface area contributed by atoms with E-state index in [1.165, 1.54) is 17.0 Å². The monoisotopic (exact) mass is 615 g/mol. The Balaban J connectivity index is 2.07. The zero-order chi connectivity index (χ0) is 28.6. The molecule has 8 nitrogen and oxygen atoms in total. The number of benzene rings is 3. The molecule has 0 saturated carbocycles. The van der Waals surface area contributed by atoms with Crippen molar-refractivity contribution >= 4 is 43.5 Å². The van der Waals surface area contributed by atoms with Crippen molar-refractivity contribution in [2.75, 3.05) is 17.5 Å². The number of nitrogens with one attached hydrogen (secondary N) is 1. The molecular weight excluding hydrogens is 582 g/mol. The van der Waals surface area contributed by atoms with Crippen LogP contribution in [0.3, 0.4) is 0 Å². The molecule has 2 amide bonds. The lowest BCUT2D eigenvalue weighted by Gasteiger charge is -2.32. The highest BCUT2D eigenvalue weighted by Crippen LogP contribution is 2.33. The molecule has 0 aliphatic rings. The maximum absolute atomic E-state index is 14.0. The summed E-state index contributed by atoms with van der Waals surface area (Å²) < 4.78 is 35.4. The van der Waals surface area contributed by atoms with Gasteiger partial charge in [-0.05, 0) is 69.7 Å². The van der Waals surface area contributed by atoms with E-state index in [0.29, 0.717) is 12.4 Å². The van der Waals surface area contributed by atoms with Gasteiger partial charge in [-0.15, -0.1) is 0 Å². The SMILES string of the molecule is CCOc1ccccc1N(CC(=O)N(Cc1cccc(Br)c1)C(C)C(=O)NC(C)C)S(=O)(=O)c1ccccc1. The van der Waals surface area contributed by atoms with Crippen molar-refractivity contribution in [3.05, 3.63) is 88.9 Å². The molecule has 3 aromatic carbocycles. The van der Waals surface area contributed by atoms with Gasteiger partial charge in [0.1, 0.15) is 18.3 Å². The van der Waals surface area contributed by atoms with E-state index < -0.39 is 28.5 Å². The summed E-state index contributed by atoms with van der Waals surface area (Å²) in [5.41, 5.74) is 1.02. The molecule has 0 spiro atoms. The molecule has 3 rings (SSSR count). The second-order valence-corrected chi connectivity index (χ2v) is 12.0. The number of rotatable bonds is 12. The Kier molecular flexibility index (Phi) is 10.5. The highest BCUT2D eigenvalue weighted by Gasteiger charge is 2.33. The van der Waals surface area contributed by atoms with Crippen LogP contribution in [0, 0.1) is 0 Å². The predicted octanol–water partition coefficient (Wildman–Crippen LogP) is 4.99. The van der Waals surface area contributed by atoms with Gasteiger partial charge in [0, 0.05) is 17.1 Å². The number of carbonyl (C=O) groups is 2. The van der Waals surface area contributed by atoms with Crippen molar-refractivity contribution in [1.29, 1.82) is 0 Å². The number of hydrogen-bond donors (Lipinski definition) is 1. The molecule has 1 unspecified atom stereocenters. The van der Waals surface area contributed by atoms with Gasteiger partial charge in [-0.3, -0.25) is 13.9 Å². The minimum Gasteiger partial charge on any atom is -0.492 e. The Hall–Kier alpha value is -3.37. The molecule has 1 atom stereocenters. The number of nitrogens with zero attached hydrogens (tertiary/aromatic N) is 2. The maximum atomic E-state index is 14.0. The second kappa shape index (κ2) is 13.6. The fourth-order valence-electron chi connectivity index (χ4n) is 3.99. The molecule has 39 heavy (non-hydrogen) atoms. The van der Waals surface area contributed by atoms with Gasteiger partial charge in [0.05, 0.1) is 17.2 Å². The van der Waals surface area contributed by atoms with Crippen molar-refractivity contribution in [3.63, 3.8) is 0 Å². The van der Waals surface area contributed by atoms with Crippen LogP contribution in [0.25, 0.3) is 0 Å². The summed E-state index contributed by atoms with van der Waals surface area (Å²) >= 11 is 3.45. The molecule has 0 saturated heterocycles. The van der Waals surface area contributed by atoms with E-state index >= 15 is 0 Å². The van der Waals surface area contributed by atoms with E-state index in [9.17, 15) is 18.0 Å². The molecule has 1 N–H and O–H groups in total. The first kappa shape index (κ1) is 30.2. The first-order valence-electron chi connectivity index (χ1n) is 12.7. The summed E-state index contributed by atoms with van der Waals surface area (Å²) in [6.45, 7) is 7.00. The van der Waals surface area contributed by atoms with Gasteiger partial charge in [-0.1, -0.05) is 58.4 Å². The average Bonchev–Trinajstić information content (AvgIpc) is 2.90. The van der Waals surface area contributed by atoms with E-state index in [2.05, 4.69) is 21.2 Å². The standard InChI is InChI=1S/C29H34BrN3O5S/c1-5-38-27-17-10-9-16-26(27)33(39(36,37)25-14-7-6-8-15-25)20-28(34)32(22(4)29(35)31-21(2)3)19-23-12-11-13-24(30)18-23/h6-18,21-22H,5,19-20H2,1-4H3,(H,31,35). The lowest BCUT2D eigenvalue weighted by molar-refractivity contribution is -0.139. The van der Waals surface area contributed by atoms with Crippen LogP contribution in [0.5, 0.6) is 5.75 Å². The summed E-state index contributed by atoms with van der Waals surface area (Å²) in [5.74, 6) is -0.538. The lowest BCUT2D eigenvalue weighted by atomic mass is 10.1. The van der Waals surface area contributed by atoms with Gasteiger partial charge < -0.3 is 15.0 Å². The molecule has 208 valence electrons. The summed E-state index contributed by atoms with van der Waals surface area (Å²) in [7, 11) is -4.17. The van der Waals surface area contributed by atoms with Gasteiger partial charge in [-0.2, -0.15) is 0 Å². The van der Waals surface area contributed by atoms with Crippen molar-refractivity contribution in [1.82, 2.24) is 10.2 Å². The number of sulfonamides is 1. The van der Waals surface area contributed by atoms with Crippen molar-refractivity contribution in [3.8, 4) is 5.75 Å². The van der Waals surface area contributed by atoms with Crippen LogP contribution in [-0.4, -0.2) is 50.4 Å². The molecule has 0 bridgehead atoms.